The van der Waals surface area contributed by atoms with Crippen LogP contribution >= 0.6 is 11.6 Å². The van der Waals surface area contributed by atoms with Gasteiger partial charge in [-0.15, -0.1) is 0 Å². The van der Waals surface area contributed by atoms with E-state index in [0.717, 1.165) is 40.1 Å². The van der Waals surface area contributed by atoms with Crippen LogP contribution in [0.5, 0.6) is 0 Å². The second-order valence-corrected chi connectivity index (χ2v) is 8.44. The van der Waals surface area contributed by atoms with Gasteiger partial charge in [0.2, 0.25) is 5.95 Å². The monoisotopic (exact) mass is 473 g/mol. The maximum atomic E-state index is 13.7. The molecule has 3 aromatic carbocycles. The second kappa shape index (κ2) is 9.98. The summed E-state index contributed by atoms with van der Waals surface area (Å²) in [6, 6.07) is 23.4. The summed E-state index contributed by atoms with van der Waals surface area (Å²) in [5.41, 5.74) is 5.13. The van der Waals surface area contributed by atoms with Gasteiger partial charge in [0.25, 0.3) is 0 Å². The van der Waals surface area contributed by atoms with Crippen LogP contribution in [0.4, 0.5) is 4.39 Å². The highest BCUT2D eigenvalue weighted by molar-refractivity contribution is 6.33. The third-order valence-corrected chi connectivity index (χ3v) is 6.16. The first-order valence-corrected chi connectivity index (χ1v) is 11.0. The Morgan fingerprint density at radius 3 is 2.21 bits per heavy atom. The molecule has 4 nitrogen and oxygen atoms in total. The standard InChI is InChI=1S/C28H21ClFNO3/c1-17-4-2-3-5-22(17)23(14-26(32)24-15-27(30)31-16-25(24)29)20-10-6-18(7-11-20)19-8-12-21(13-9-19)28(33)34/h2-13,15-16,23H,14H2,1H3,(H,33,34). The molecule has 0 amide bonds. The number of rotatable bonds is 7. The van der Waals surface area contributed by atoms with E-state index in [9.17, 15) is 14.0 Å². The van der Waals surface area contributed by atoms with E-state index in [-0.39, 0.29) is 34.3 Å². The number of carbonyl (C=O) groups is 2. The van der Waals surface area contributed by atoms with Crippen LogP contribution in [0.25, 0.3) is 11.1 Å². The predicted octanol–water partition coefficient (Wildman–Crippen LogP) is 6.95. The molecule has 170 valence electrons. The molecule has 4 rings (SSSR count). The molecule has 1 N–H and O–H groups in total. The van der Waals surface area contributed by atoms with Crippen molar-refractivity contribution in [2.75, 3.05) is 0 Å². The molecule has 4 aromatic rings. The molecule has 1 heterocycles. The Labute approximate surface area is 201 Å². The van der Waals surface area contributed by atoms with Crippen molar-refractivity contribution < 1.29 is 19.1 Å². The van der Waals surface area contributed by atoms with Crippen molar-refractivity contribution in [3.05, 3.63) is 124 Å². The number of halogens is 2. The Morgan fingerprint density at radius 2 is 1.59 bits per heavy atom. The highest BCUT2D eigenvalue weighted by Crippen LogP contribution is 2.34. The zero-order valence-corrected chi connectivity index (χ0v) is 19.1. The Bertz CT molecular complexity index is 1350. The van der Waals surface area contributed by atoms with Gasteiger partial charge < -0.3 is 5.11 Å². The Kier molecular flexibility index (Phi) is 6.85. The largest absolute Gasteiger partial charge is 0.478 e. The van der Waals surface area contributed by atoms with Gasteiger partial charge in [0.15, 0.2) is 5.78 Å². The first kappa shape index (κ1) is 23.3. The van der Waals surface area contributed by atoms with E-state index in [1.54, 1.807) is 24.3 Å². The van der Waals surface area contributed by atoms with Crippen LogP contribution in [0.15, 0.2) is 85.1 Å². The van der Waals surface area contributed by atoms with Gasteiger partial charge in [0, 0.05) is 30.2 Å². The number of aromatic nitrogens is 1. The van der Waals surface area contributed by atoms with Crippen molar-refractivity contribution in [2.45, 2.75) is 19.3 Å². The number of ketones is 1. The minimum absolute atomic E-state index is 0.112. The minimum Gasteiger partial charge on any atom is -0.478 e. The van der Waals surface area contributed by atoms with Gasteiger partial charge in [0.05, 0.1) is 10.6 Å². The van der Waals surface area contributed by atoms with Crippen LogP contribution in [0.2, 0.25) is 5.02 Å². The van der Waals surface area contributed by atoms with Crippen LogP contribution in [-0.4, -0.2) is 21.8 Å². The summed E-state index contributed by atoms with van der Waals surface area (Å²) in [4.78, 5) is 27.7. The summed E-state index contributed by atoms with van der Waals surface area (Å²) in [7, 11) is 0. The van der Waals surface area contributed by atoms with Crippen molar-refractivity contribution in [3.8, 4) is 11.1 Å². The van der Waals surface area contributed by atoms with Gasteiger partial charge in [0.1, 0.15) is 0 Å². The SMILES string of the molecule is Cc1ccccc1C(CC(=O)c1cc(F)ncc1Cl)c1ccc(-c2ccc(C(=O)O)cc2)cc1. The smallest absolute Gasteiger partial charge is 0.335 e. The predicted molar refractivity (Wildman–Crippen MR) is 130 cm³/mol. The molecule has 0 aliphatic heterocycles. The van der Waals surface area contributed by atoms with Crippen LogP contribution in [0, 0.1) is 12.9 Å². The van der Waals surface area contributed by atoms with Gasteiger partial charge in [-0.1, -0.05) is 72.3 Å². The van der Waals surface area contributed by atoms with Crippen molar-refractivity contribution in [3.63, 3.8) is 0 Å². The fourth-order valence-electron chi connectivity index (χ4n) is 4.02. The average Bonchev–Trinajstić information content (AvgIpc) is 2.84. The maximum Gasteiger partial charge on any atom is 0.335 e. The number of carboxylic acid groups (broad SMARTS) is 1. The highest BCUT2D eigenvalue weighted by Gasteiger charge is 2.23. The molecule has 0 radical (unpaired) electrons. The number of carboxylic acids is 1. The molecule has 0 bridgehead atoms. The van der Waals surface area contributed by atoms with Crippen LogP contribution in [0.3, 0.4) is 0 Å². The van der Waals surface area contributed by atoms with Crippen LogP contribution < -0.4 is 0 Å². The van der Waals surface area contributed by atoms with Crippen LogP contribution in [-0.2, 0) is 0 Å². The molecular formula is C28H21ClFNO3. The van der Waals surface area contributed by atoms with E-state index in [1.165, 1.54) is 0 Å². The number of nitrogens with zero attached hydrogens (tertiary/aromatic N) is 1. The number of carbonyl (C=O) groups excluding carboxylic acids is 1. The first-order chi connectivity index (χ1) is 16.3. The van der Waals surface area contributed by atoms with E-state index < -0.39 is 11.9 Å². The summed E-state index contributed by atoms with van der Waals surface area (Å²) in [6.07, 6.45) is 1.26. The van der Waals surface area contributed by atoms with Gasteiger partial charge >= 0.3 is 5.97 Å². The van der Waals surface area contributed by atoms with Gasteiger partial charge in [-0.2, -0.15) is 4.39 Å². The molecule has 0 spiro atoms. The molecule has 6 heteroatoms. The van der Waals surface area contributed by atoms with E-state index >= 15 is 0 Å². The molecule has 0 saturated heterocycles. The number of aromatic carboxylic acids is 1. The third-order valence-electron chi connectivity index (χ3n) is 5.85. The van der Waals surface area contributed by atoms with Gasteiger partial charge in [-0.3, -0.25) is 4.79 Å². The molecule has 34 heavy (non-hydrogen) atoms. The summed E-state index contributed by atoms with van der Waals surface area (Å²) in [5, 5.41) is 9.22. The molecule has 1 aromatic heterocycles. The zero-order valence-electron chi connectivity index (χ0n) is 18.3. The zero-order chi connectivity index (χ0) is 24.2. The lowest BCUT2D eigenvalue weighted by molar-refractivity contribution is 0.0696. The molecule has 1 atom stereocenters. The van der Waals surface area contributed by atoms with Crippen molar-refractivity contribution in [2.24, 2.45) is 0 Å². The quantitative estimate of drug-likeness (QED) is 0.233. The fraction of sp³-hybridized carbons (Fsp3) is 0.107. The molecule has 0 aliphatic rings. The molecule has 0 fully saturated rings. The summed E-state index contributed by atoms with van der Waals surface area (Å²) >= 11 is 6.13. The van der Waals surface area contributed by atoms with E-state index in [0.29, 0.717) is 0 Å². The van der Waals surface area contributed by atoms with Crippen molar-refractivity contribution in [1.82, 2.24) is 4.98 Å². The number of benzene rings is 3. The Balaban J connectivity index is 1.68. The van der Waals surface area contributed by atoms with Gasteiger partial charge in [-0.25, -0.2) is 9.78 Å². The van der Waals surface area contributed by atoms with Crippen LogP contribution in [0.1, 0.15) is 49.7 Å². The minimum atomic E-state index is -0.971. The summed E-state index contributed by atoms with van der Waals surface area (Å²) < 4.78 is 13.7. The normalized spacial score (nSPS) is 11.7. The number of hydrogen-bond acceptors (Lipinski definition) is 3. The first-order valence-electron chi connectivity index (χ1n) is 10.7. The van der Waals surface area contributed by atoms with E-state index in [1.807, 2.05) is 55.5 Å². The van der Waals surface area contributed by atoms with Gasteiger partial charge in [-0.05, 0) is 46.9 Å². The van der Waals surface area contributed by atoms with Crippen molar-refractivity contribution >= 4 is 23.4 Å². The summed E-state index contributed by atoms with van der Waals surface area (Å²) in [6.45, 7) is 1.99. The number of hydrogen-bond donors (Lipinski definition) is 1. The van der Waals surface area contributed by atoms with E-state index in [4.69, 9.17) is 16.7 Å². The number of pyridine rings is 1. The maximum absolute atomic E-state index is 13.7. The highest BCUT2D eigenvalue weighted by atomic mass is 35.5. The Hall–Kier alpha value is -3.83. The second-order valence-electron chi connectivity index (χ2n) is 8.03. The third kappa shape index (κ3) is 5.05. The molecule has 0 saturated carbocycles. The molecule has 0 aliphatic carbocycles. The average molecular weight is 474 g/mol. The number of aryl methyl sites for hydroxylation is 1. The summed E-state index contributed by atoms with van der Waals surface area (Å²) in [5.74, 6) is -2.25. The number of Topliss-reactive ketones (excluding diaryl/α,β-unsaturated/α-hetero) is 1. The topological polar surface area (TPSA) is 67.3 Å². The lowest BCUT2D eigenvalue weighted by atomic mass is 9.83. The fourth-order valence-corrected chi connectivity index (χ4v) is 4.23. The lowest BCUT2D eigenvalue weighted by Gasteiger charge is -2.20. The van der Waals surface area contributed by atoms with Crippen molar-refractivity contribution in [1.29, 1.82) is 0 Å². The molecule has 1 unspecified atom stereocenters. The molecular weight excluding hydrogens is 453 g/mol. The lowest BCUT2D eigenvalue weighted by Crippen LogP contribution is -2.11. The van der Waals surface area contributed by atoms with E-state index in [2.05, 4.69) is 4.98 Å². The Morgan fingerprint density at radius 1 is 0.971 bits per heavy atom.